The Morgan fingerprint density at radius 1 is 1.13 bits per heavy atom. The second kappa shape index (κ2) is 5.40. The molecule has 80 valence electrons. The first-order valence-electron chi connectivity index (χ1n) is 5.42. The molecule has 0 atom stereocenters. The maximum atomic E-state index is 3.76. The molecular formula is C14H19N. The zero-order valence-electron chi connectivity index (χ0n) is 9.80. The van der Waals surface area contributed by atoms with E-state index in [0.717, 1.165) is 6.42 Å². The normalized spacial score (nSPS) is 16.5. The van der Waals surface area contributed by atoms with Crippen molar-refractivity contribution in [3.63, 3.8) is 0 Å². The summed E-state index contributed by atoms with van der Waals surface area (Å²) in [5.41, 5.74) is 0. The van der Waals surface area contributed by atoms with Gasteiger partial charge in [-0.1, -0.05) is 43.9 Å². The zero-order chi connectivity index (χ0) is 11.3. The summed E-state index contributed by atoms with van der Waals surface area (Å²) in [5.74, 6) is 0. The van der Waals surface area contributed by atoms with Gasteiger partial charge in [-0.2, -0.15) is 0 Å². The number of hydrogen-bond donors (Lipinski definition) is 1. The van der Waals surface area contributed by atoms with Gasteiger partial charge < -0.3 is 4.98 Å². The lowest BCUT2D eigenvalue weighted by Gasteiger charge is -1.80. The number of rotatable bonds is 2. The molecule has 0 saturated carbocycles. The SMILES string of the molecule is C=C/C=c1/c(=C/CC)/c(=C\C)[nH]/c1=C/C. The van der Waals surface area contributed by atoms with Gasteiger partial charge in [0, 0.05) is 21.1 Å². The monoisotopic (exact) mass is 201 g/mol. The Hall–Kier alpha value is -1.50. The van der Waals surface area contributed by atoms with E-state index >= 15 is 0 Å². The van der Waals surface area contributed by atoms with Gasteiger partial charge in [0.15, 0.2) is 0 Å². The third kappa shape index (κ3) is 2.30. The third-order valence-corrected chi connectivity index (χ3v) is 2.41. The highest BCUT2D eigenvalue weighted by atomic mass is 14.7. The van der Waals surface area contributed by atoms with Crippen LogP contribution in [0.25, 0.3) is 24.3 Å². The molecule has 1 nitrogen and oxygen atoms in total. The maximum absolute atomic E-state index is 3.76. The highest BCUT2D eigenvalue weighted by Gasteiger charge is 1.92. The Kier molecular flexibility index (Phi) is 4.17. The Bertz CT molecular complexity index is 556. The third-order valence-electron chi connectivity index (χ3n) is 2.41. The first kappa shape index (κ1) is 11.6. The Morgan fingerprint density at radius 3 is 2.20 bits per heavy atom. The number of aromatic amines is 1. The van der Waals surface area contributed by atoms with Crippen molar-refractivity contribution >= 4 is 24.3 Å². The van der Waals surface area contributed by atoms with Crippen LogP contribution in [-0.2, 0) is 0 Å². The molecule has 0 saturated heterocycles. The van der Waals surface area contributed by atoms with Crippen LogP contribution in [0.3, 0.4) is 0 Å². The molecule has 0 bridgehead atoms. The van der Waals surface area contributed by atoms with Crippen LogP contribution in [0.1, 0.15) is 27.2 Å². The van der Waals surface area contributed by atoms with E-state index in [1.54, 1.807) is 0 Å². The highest BCUT2D eigenvalue weighted by molar-refractivity contribution is 5.41. The zero-order valence-corrected chi connectivity index (χ0v) is 9.80. The molecule has 0 aliphatic heterocycles. The predicted molar refractivity (Wildman–Crippen MR) is 69.0 cm³/mol. The molecule has 0 amide bonds. The van der Waals surface area contributed by atoms with Crippen LogP contribution in [0.15, 0.2) is 12.7 Å². The number of aromatic nitrogens is 1. The van der Waals surface area contributed by atoms with E-state index in [1.807, 2.05) is 13.0 Å². The smallest absolute Gasteiger partial charge is 0.0421 e. The van der Waals surface area contributed by atoms with Crippen LogP contribution < -0.4 is 21.1 Å². The average molecular weight is 201 g/mol. The van der Waals surface area contributed by atoms with E-state index in [0.29, 0.717) is 0 Å². The van der Waals surface area contributed by atoms with Gasteiger partial charge in [0.2, 0.25) is 0 Å². The van der Waals surface area contributed by atoms with Crippen molar-refractivity contribution in [2.45, 2.75) is 27.2 Å². The maximum Gasteiger partial charge on any atom is 0.0421 e. The summed E-state index contributed by atoms with van der Waals surface area (Å²) in [7, 11) is 0. The van der Waals surface area contributed by atoms with Gasteiger partial charge >= 0.3 is 0 Å². The Balaban J connectivity index is 3.92. The fourth-order valence-electron chi connectivity index (χ4n) is 1.75. The number of nitrogens with one attached hydrogen (secondary N) is 1. The van der Waals surface area contributed by atoms with Crippen molar-refractivity contribution in [3.05, 3.63) is 33.8 Å². The largest absolute Gasteiger partial charge is 0.355 e. The number of allylic oxidation sites excluding steroid dienone is 1. The van der Waals surface area contributed by atoms with Crippen molar-refractivity contribution in [3.8, 4) is 0 Å². The van der Waals surface area contributed by atoms with Crippen LogP contribution in [0, 0.1) is 0 Å². The van der Waals surface area contributed by atoms with E-state index in [2.05, 4.69) is 49.7 Å². The lowest BCUT2D eigenvalue weighted by atomic mass is 10.2. The van der Waals surface area contributed by atoms with Crippen LogP contribution >= 0.6 is 0 Å². The van der Waals surface area contributed by atoms with Gasteiger partial charge in [0.05, 0.1) is 0 Å². The fourth-order valence-corrected chi connectivity index (χ4v) is 1.75. The van der Waals surface area contributed by atoms with E-state index < -0.39 is 0 Å². The molecule has 0 fully saturated rings. The second-order valence-corrected chi connectivity index (χ2v) is 3.37. The van der Waals surface area contributed by atoms with Crippen LogP contribution in [-0.4, -0.2) is 4.98 Å². The van der Waals surface area contributed by atoms with Gasteiger partial charge in [-0.25, -0.2) is 0 Å². The molecule has 0 spiro atoms. The van der Waals surface area contributed by atoms with Gasteiger partial charge in [0.1, 0.15) is 0 Å². The minimum atomic E-state index is 1.04. The predicted octanol–water partition coefficient (Wildman–Crippen LogP) is 0.773. The van der Waals surface area contributed by atoms with Crippen molar-refractivity contribution in [1.82, 2.24) is 4.98 Å². The lowest BCUT2D eigenvalue weighted by molar-refractivity contribution is 1.24. The van der Waals surface area contributed by atoms with Gasteiger partial charge in [-0.15, -0.1) is 0 Å². The van der Waals surface area contributed by atoms with E-state index in [1.165, 1.54) is 21.1 Å². The minimum Gasteiger partial charge on any atom is -0.355 e. The Labute approximate surface area is 90.8 Å². The molecule has 0 aromatic carbocycles. The summed E-state index contributed by atoms with van der Waals surface area (Å²) in [4.78, 5) is 3.40. The molecule has 1 rings (SSSR count). The van der Waals surface area contributed by atoms with Crippen molar-refractivity contribution in [1.29, 1.82) is 0 Å². The summed E-state index contributed by atoms with van der Waals surface area (Å²) >= 11 is 0. The van der Waals surface area contributed by atoms with E-state index in [4.69, 9.17) is 0 Å². The summed E-state index contributed by atoms with van der Waals surface area (Å²) in [6, 6.07) is 0. The summed E-state index contributed by atoms with van der Waals surface area (Å²) < 4.78 is 0. The molecule has 0 unspecified atom stereocenters. The van der Waals surface area contributed by atoms with Gasteiger partial charge in [0.25, 0.3) is 0 Å². The van der Waals surface area contributed by atoms with Crippen molar-refractivity contribution in [2.24, 2.45) is 0 Å². The first-order chi connectivity index (χ1) is 7.28. The number of H-pyrrole nitrogens is 1. The van der Waals surface area contributed by atoms with E-state index in [-0.39, 0.29) is 0 Å². The quantitative estimate of drug-likeness (QED) is 0.727. The van der Waals surface area contributed by atoms with Crippen molar-refractivity contribution < 1.29 is 0 Å². The molecule has 1 heterocycles. The van der Waals surface area contributed by atoms with Gasteiger partial charge in [-0.05, 0) is 20.3 Å². The topological polar surface area (TPSA) is 15.8 Å². The van der Waals surface area contributed by atoms with Gasteiger partial charge in [-0.3, -0.25) is 0 Å². The molecular weight excluding hydrogens is 182 g/mol. The minimum absolute atomic E-state index is 1.04. The summed E-state index contributed by atoms with van der Waals surface area (Å²) in [5, 5.41) is 4.89. The molecule has 1 heteroatoms. The molecule has 1 aromatic rings. The fraction of sp³-hybridized carbons (Fsp3) is 0.286. The average Bonchev–Trinajstić information content (AvgIpc) is 2.58. The molecule has 0 aliphatic carbocycles. The highest BCUT2D eigenvalue weighted by Crippen LogP contribution is 1.71. The molecule has 1 aromatic heterocycles. The molecule has 15 heavy (non-hydrogen) atoms. The van der Waals surface area contributed by atoms with Crippen molar-refractivity contribution in [2.75, 3.05) is 0 Å². The second-order valence-electron chi connectivity index (χ2n) is 3.37. The standard InChI is InChI=1S/C14H19N/c1-5-9-11-12(10-6-2)14(8-4)15-13(11)7-3/h5,7-10,15H,1,6H2,2-4H3/b11-9-,12-10-,13-7+,14-8+. The van der Waals surface area contributed by atoms with Crippen LogP contribution in [0.2, 0.25) is 0 Å². The molecule has 1 N–H and O–H groups in total. The van der Waals surface area contributed by atoms with Crippen LogP contribution in [0.5, 0.6) is 0 Å². The summed E-state index contributed by atoms with van der Waals surface area (Å²) in [6.45, 7) is 10.0. The number of hydrogen-bond acceptors (Lipinski definition) is 0. The molecule has 0 aliphatic rings. The first-order valence-corrected chi connectivity index (χ1v) is 5.42. The van der Waals surface area contributed by atoms with Crippen LogP contribution in [0.4, 0.5) is 0 Å². The lowest BCUT2D eigenvalue weighted by Crippen LogP contribution is -2.37. The molecule has 0 radical (unpaired) electrons. The Morgan fingerprint density at radius 2 is 1.73 bits per heavy atom. The summed E-state index contributed by atoms with van der Waals surface area (Å²) in [6.07, 6.45) is 11.4. The van der Waals surface area contributed by atoms with E-state index in [9.17, 15) is 0 Å².